The summed E-state index contributed by atoms with van der Waals surface area (Å²) < 4.78 is 2.09. The van der Waals surface area contributed by atoms with Crippen LogP contribution in [-0.2, 0) is 7.05 Å². The van der Waals surface area contributed by atoms with Gasteiger partial charge in [0.25, 0.3) is 0 Å². The summed E-state index contributed by atoms with van der Waals surface area (Å²) >= 11 is 0. The fourth-order valence-corrected chi connectivity index (χ4v) is 3.07. The molecule has 2 N–H and O–H groups in total. The molecule has 2 aliphatic rings. The maximum absolute atomic E-state index is 5.99. The topological polar surface area (TPSA) is 50.3 Å². The molecule has 0 spiro atoms. The standard InChI is InChI=1S/C14H25N5/c1-17-11-16-9-14(17)13(8-15)19-6-4-18(5-7-19)10-12-2-3-12/h9,11-13H,2-8,10,15H2,1H3. The molecule has 1 atom stereocenters. The maximum atomic E-state index is 5.99. The van der Waals surface area contributed by atoms with E-state index in [4.69, 9.17) is 5.73 Å². The van der Waals surface area contributed by atoms with Crippen LogP contribution in [0.3, 0.4) is 0 Å². The molecule has 0 amide bonds. The van der Waals surface area contributed by atoms with Crippen molar-refractivity contribution in [3.05, 3.63) is 18.2 Å². The number of hydrogen-bond donors (Lipinski definition) is 1. The molecule has 0 radical (unpaired) electrons. The zero-order chi connectivity index (χ0) is 13.2. The van der Waals surface area contributed by atoms with Crippen LogP contribution in [0.5, 0.6) is 0 Å². The van der Waals surface area contributed by atoms with E-state index < -0.39 is 0 Å². The highest BCUT2D eigenvalue weighted by molar-refractivity contribution is 5.06. The molecule has 0 aromatic carbocycles. The van der Waals surface area contributed by atoms with Gasteiger partial charge in [-0.1, -0.05) is 0 Å². The lowest BCUT2D eigenvalue weighted by Gasteiger charge is -2.39. The second-order valence-corrected chi connectivity index (χ2v) is 5.96. The van der Waals surface area contributed by atoms with E-state index in [0.29, 0.717) is 12.6 Å². The third-order valence-corrected chi connectivity index (χ3v) is 4.48. The first-order valence-corrected chi connectivity index (χ1v) is 7.40. The van der Waals surface area contributed by atoms with Gasteiger partial charge in [0.2, 0.25) is 0 Å². The molecule has 5 nitrogen and oxygen atoms in total. The average molecular weight is 263 g/mol. The van der Waals surface area contributed by atoms with Crippen LogP contribution >= 0.6 is 0 Å². The molecule has 5 heteroatoms. The molecule has 1 aromatic heterocycles. The van der Waals surface area contributed by atoms with Crippen molar-refractivity contribution >= 4 is 0 Å². The highest BCUT2D eigenvalue weighted by Gasteiger charge is 2.29. The van der Waals surface area contributed by atoms with Crippen molar-refractivity contribution in [2.24, 2.45) is 18.7 Å². The summed E-state index contributed by atoms with van der Waals surface area (Å²) in [6, 6.07) is 0.315. The Hall–Kier alpha value is -0.910. The second-order valence-electron chi connectivity index (χ2n) is 5.96. The van der Waals surface area contributed by atoms with Gasteiger partial charge in [-0.3, -0.25) is 4.90 Å². The fourth-order valence-electron chi connectivity index (χ4n) is 3.07. The number of nitrogens with zero attached hydrogens (tertiary/aromatic N) is 4. The third-order valence-electron chi connectivity index (χ3n) is 4.48. The van der Waals surface area contributed by atoms with E-state index in [0.717, 1.165) is 19.0 Å². The van der Waals surface area contributed by atoms with E-state index in [-0.39, 0.29) is 0 Å². The molecule has 1 saturated carbocycles. The second kappa shape index (κ2) is 5.61. The van der Waals surface area contributed by atoms with Crippen molar-refractivity contribution < 1.29 is 0 Å². The van der Waals surface area contributed by atoms with Gasteiger partial charge in [-0.15, -0.1) is 0 Å². The normalized spacial score (nSPS) is 23.7. The summed E-state index contributed by atoms with van der Waals surface area (Å²) in [6.45, 7) is 6.60. The molecule has 3 rings (SSSR count). The van der Waals surface area contributed by atoms with E-state index in [1.807, 2.05) is 19.6 Å². The third kappa shape index (κ3) is 2.99. The molecule has 2 fully saturated rings. The average Bonchev–Trinajstić information content (AvgIpc) is 3.14. The monoisotopic (exact) mass is 263 g/mol. The molecule has 1 aromatic rings. The van der Waals surface area contributed by atoms with Crippen LogP contribution < -0.4 is 5.73 Å². The molecule has 1 aliphatic carbocycles. The highest BCUT2D eigenvalue weighted by atomic mass is 15.3. The molecule has 0 bridgehead atoms. The molecule has 19 heavy (non-hydrogen) atoms. The number of rotatable bonds is 5. The van der Waals surface area contributed by atoms with Gasteiger partial charge in [0.15, 0.2) is 0 Å². The van der Waals surface area contributed by atoms with Gasteiger partial charge in [0, 0.05) is 52.5 Å². The van der Waals surface area contributed by atoms with Crippen LogP contribution in [0.2, 0.25) is 0 Å². The molecular weight excluding hydrogens is 238 g/mol. The predicted molar refractivity (Wildman–Crippen MR) is 75.7 cm³/mol. The van der Waals surface area contributed by atoms with Crippen LogP contribution in [-0.4, -0.2) is 58.6 Å². The van der Waals surface area contributed by atoms with Crippen molar-refractivity contribution in [1.29, 1.82) is 0 Å². The first-order valence-electron chi connectivity index (χ1n) is 7.40. The van der Waals surface area contributed by atoms with E-state index in [1.165, 1.54) is 38.2 Å². The lowest BCUT2D eigenvalue weighted by atomic mass is 10.1. The molecule has 1 unspecified atom stereocenters. The van der Waals surface area contributed by atoms with Crippen LogP contribution in [0.1, 0.15) is 24.6 Å². The summed E-state index contributed by atoms with van der Waals surface area (Å²) in [6.07, 6.45) is 6.71. The zero-order valence-electron chi connectivity index (χ0n) is 11.8. The summed E-state index contributed by atoms with van der Waals surface area (Å²) in [5.41, 5.74) is 7.23. The Labute approximate surface area is 115 Å². The Bertz CT molecular complexity index is 404. The number of aryl methyl sites for hydroxylation is 1. The molecule has 1 saturated heterocycles. The van der Waals surface area contributed by atoms with E-state index in [9.17, 15) is 0 Å². The van der Waals surface area contributed by atoms with Crippen molar-refractivity contribution in [3.8, 4) is 0 Å². The highest BCUT2D eigenvalue weighted by Crippen LogP contribution is 2.30. The van der Waals surface area contributed by atoms with Gasteiger partial charge in [0.1, 0.15) is 0 Å². The maximum Gasteiger partial charge on any atom is 0.0946 e. The smallest absolute Gasteiger partial charge is 0.0946 e. The molecule has 106 valence electrons. The van der Waals surface area contributed by atoms with Crippen LogP contribution in [0.4, 0.5) is 0 Å². The number of nitrogens with two attached hydrogens (primary N) is 1. The van der Waals surface area contributed by atoms with Crippen molar-refractivity contribution in [2.75, 3.05) is 39.3 Å². The van der Waals surface area contributed by atoms with Gasteiger partial charge in [-0.05, 0) is 18.8 Å². The first-order chi connectivity index (χ1) is 9.28. The van der Waals surface area contributed by atoms with Crippen molar-refractivity contribution in [3.63, 3.8) is 0 Å². The Morgan fingerprint density at radius 2 is 2.05 bits per heavy atom. The Balaban J connectivity index is 1.58. The number of piperazine rings is 1. The Morgan fingerprint density at radius 1 is 1.32 bits per heavy atom. The molecule has 1 aliphatic heterocycles. The van der Waals surface area contributed by atoms with Crippen LogP contribution in [0, 0.1) is 5.92 Å². The largest absolute Gasteiger partial charge is 0.336 e. The number of imidazole rings is 1. The van der Waals surface area contributed by atoms with Gasteiger partial charge in [0.05, 0.1) is 18.1 Å². The fraction of sp³-hybridized carbons (Fsp3) is 0.786. The SMILES string of the molecule is Cn1cncc1C(CN)N1CCN(CC2CC2)CC1. The van der Waals surface area contributed by atoms with Gasteiger partial charge < -0.3 is 15.2 Å². The van der Waals surface area contributed by atoms with Crippen molar-refractivity contribution in [2.45, 2.75) is 18.9 Å². The summed E-state index contributed by atoms with van der Waals surface area (Å²) in [7, 11) is 2.05. The Kier molecular flexibility index (Phi) is 3.86. The summed E-state index contributed by atoms with van der Waals surface area (Å²) in [4.78, 5) is 9.35. The summed E-state index contributed by atoms with van der Waals surface area (Å²) in [5.74, 6) is 0.994. The predicted octanol–water partition coefficient (Wildman–Crippen LogP) is 0.448. The Morgan fingerprint density at radius 3 is 2.58 bits per heavy atom. The lowest BCUT2D eigenvalue weighted by molar-refractivity contribution is 0.0930. The zero-order valence-corrected chi connectivity index (χ0v) is 11.8. The van der Waals surface area contributed by atoms with Crippen molar-refractivity contribution in [1.82, 2.24) is 19.4 Å². The lowest BCUT2D eigenvalue weighted by Crippen LogP contribution is -2.49. The van der Waals surface area contributed by atoms with E-state index >= 15 is 0 Å². The quantitative estimate of drug-likeness (QED) is 0.838. The van der Waals surface area contributed by atoms with E-state index in [1.54, 1.807) is 0 Å². The van der Waals surface area contributed by atoms with Gasteiger partial charge >= 0.3 is 0 Å². The first kappa shape index (κ1) is 13.1. The summed E-state index contributed by atoms with van der Waals surface area (Å²) in [5, 5.41) is 0. The molecule has 2 heterocycles. The van der Waals surface area contributed by atoms with Crippen LogP contribution in [0.25, 0.3) is 0 Å². The number of aromatic nitrogens is 2. The minimum atomic E-state index is 0.315. The van der Waals surface area contributed by atoms with Crippen LogP contribution in [0.15, 0.2) is 12.5 Å². The van der Waals surface area contributed by atoms with Gasteiger partial charge in [-0.2, -0.15) is 0 Å². The minimum Gasteiger partial charge on any atom is -0.336 e. The minimum absolute atomic E-state index is 0.315. The number of hydrogen-bond acceptors (Lipinski definition) is 4. The van der Waals surface area contributed by atoms with E-state index in [2.05, 4.69) is 19.4 Å². The molecular formula is C14H25N5. The van der Waals surface area contributed by atoms with Gasteiger partial charge in [-0.25, -0.2) is 4.98 Å².